The van der Waals surface area contributed by atoms with Gasteiger partial charge in [0.2, 0.25) is 0 Å². The molecule has 0 aliphatic heterocycles. The van der Waals surface area contributed by atoms with Crippen LogP contribution in [0.15, 0.2) is 24.3 Å². The highest BCUT2D eigenvalue weighted by Crippen LogP contribution is 2.16. The number of ketones is 1. The van der Waals surface area contributed by atoms with E-state index in [0.717, 1.165) is 5.75 Å². The van der Waals surface area contributed by atoms with Gasteiger partial charge in [0.1, 0.15) is 11.9 Å². The zero-order valence-electron chi connectivity index (χ0n) is 10.9. The first-order valence-corrected chi connectivity index (χ1v) is 5.97. The van der Waals surface area contributed by atoms with E-state index in [9.17, 15) is 4.79 Å². The van der Waals surface area contributed by atoms with Crippen molar-refractivity contribution in [3.63, 3.8) is 0 Å². The van der Waals surface area contributed by atoms with Gasteiger partial charge in [-0.2, -0.15) is 0 Å². The molecule has 0 amide bonds. The van der Waals surface area contributed by atoms with Gasteiger partial charge in [-0.15, -0.1) is 0 Å². The molecule has 0 spiro atoms. The molecule has 3 heteroatoms. The lowest BCUT2D eigenvalue weighted by molar-refractivity contribution is 0.0520. The third-order valence-electron chi connectivity index (χ3n) is 2.28. The molecular weight excluding hydrogens is 216 g/mol. The Hall–Kier alpha value is -1.35. The highest BCUT2D eigenvalue weighted by Gasteiger charge is 2.15. The second kappa shape index (κ2) is 6.40. The first-order chi connectivity index (χ1) is 8.04. The Morgan fingerprint density at radius 2 is 2.00 bits per heavy atom. The van der Waals surface area contributed by atoms with Crippen LogP contribution in [-0.2, 0) is 4.74 Å². The molecule has 94 valence electrons. The monoisotopic (exact) mass is 236 g/mol. The van der Waals surface area contributed by atoms with Gasteiger partial charge in [-0.25, -0.2) is 0 Å². The van der Waals surface area contributed by atoms with Gasteiger partial charge in [-0.1, -0.05) is 12.1 Å². The minimum Gasteiger partial charge on any atom is -0.491 e. The van der Waals surface area contributed by atoms with Crippen LogP contribution in [0, 0.1) is 0 Å². The minimum atomic E-state index is -0.408. The molecule has 1 unspecified atom stereocenters. The number of carbonyl (C=O) groups is 1. The summed E-state index contributed by atoms with van der Waals surface area (Å²) in [7, 11) is 0. The normalized spacial score (nSPS) is 12.5. The maximum atomic E-state index is 12.0. The number of ether oxygens (including phenoxy) is 2. The topological polar surface area (TPSA) is 35.5 Å². The number of Topliss-reactive ketones (excluding diaryl/α,β-unsaturated/α-hetero) is 1. The number of carbonyl (C=O) groups excluding carboxylic acids is 1. The molecule has 1 rings (SSSR count). The number of benzene rings is 1. The van der Waals surface area contributed by atoms with Gasteiger partial charge in [-0.05, 0) is 39.8 Å². The molecule has 0 bridgehead atoms. The molecule has 1 atom stereocenters. The van der Waals surface area contributed by atoms with Crippen LogP contribution in [0.25, 0.3) is 0 Å². The van der Waals surface area contributed by atoms with Gasteiger partial charge < -0.3 is 9.47 Å². The van der Waals surface area contributed by atoms with Crippen LogP contribution >= 0.6 is 0 Å². The molecule has 0 aliphatic rings. The van der Waals surface area contributed by atoms with Crippen molar-refractivity contribution < 1.29 is 14.3 Å². The van der Waals surface area contributed by atoms with Gasteiger partial charge in [-0.3, -0.25) is 4.79 Å². The van der Waals surface area contributed by atoms with Crippen LogP contribution in [0.4, 0.5) is 0 Å². The molecule has 0 heterocycles. The van der Waals surface area contributed by atoms with Crippen LogP contribution in [-0.4, -0.2) is 24.6 Å². The average molecular weight is 236 g/mol. The fraction of sp³-hybridized carbons (Fsp3) is 0.500. The molecular formula is C14H20O3. The van der Waals surface area contributed by atoms with E-state index in [1.165, 1.54) is 0 Å². The first kappa shape index (κ1) is 13.7. The quantitative estimate of drug-likeness (QED) is 0.712. The van der Waals surface area contributed by atoms with E-state index < -0.39 is 6.10 Å². The fourth-order valence-corrected chi connectivity index (χ4v) is 1.56. The Bertz CT molecular complexity index is 371. The summed E-state index contributed by atoms with van der Waals surface area (Å²) in [5, 5.41) is 0. The number of hydrogen-bond donors (Lipinski definition) is 0. The molecule has 3 nitrogen and oxygen atoms in total. The Morgan fingerprint density at radius 1 is 1.29 bits per heavy atom. The third kappa shape index (κ3) is 4.19. The van der Waals surface area contributed by atoms with E-state index in [-0.39, 0.29) is 11.9 Å². The lowest BCUT2D eigenvalue weighted by Gasteiger charge is -2.13. The minimum absolute atomic E-state index is 0.0129. The van der Waals surface area contributed by atoms with Crippen molar-refractivity contribution in [1.29, 1.82) is 0 Å². The summed E-state index contributed by atoms with van der Waals surface area (Å²) in [5.74, 6) is 0.704. The maximum Gasteiger partial charge on any atom is 0.191 e. The van der Waals surface area contributed by atoms with E-state index in [1.54, 1.807) is 19.1 Å². The van der Waals surface area contributed by atoms with Crippen molar-refractivity contribution in [3.8, 4) is 5.75 Å². The van der Waals surface area contributed by atoms with Gasteiger partial charge in [0, 0.05) is 12.2 Å². The van der Waals surface area contributed by atoms with Gasteiger partial charge in [0.25, 0.3) is 0 Å². The largest absolute Gasteiger partial charge is 0.491 e. The van der Waals surface area contributed by atoms with Gasteiger partial charge in [0.15, 0.2) is 5.78 Å². The van der Waals surface area contributed by atoms with E-state index in [2.05, 4.69) is 0 Å². The molecule has 1 aromatic rings. The smallest absolute Gasteiger partial charge is 0.191 e. The van der Waals surface area contributed by atoms with E-state index >= 15 is 0 Å². The summed E-state index contributed by atoms with van der Waals surface area (Å²) in [6.45, 7) is 8.09. The van der Waals surface area contributed by atoms with Crippen molar-refractivity contribution in [2.75, 3.05) is 6.61 Å². The van der Waals surface area contributed by atoms with E-state index in [1.807, 2.05) is 32.9 Å². The van der Waals surface area contributed by atoms with Crippen molar-refractivity contribution >= 4 is 5.78 Å². The summed E-state index contributed by atoms with van der Waals surface area (Å²) in [6, 6.07) is 7.22. The Balaban J connectivity index is 2.80. The molecule has 0 aliphatic carbocycles. The van der Waals surface area contributed by atoms with Crippen LogP contribution in [0.3, 0.4) is 0 Å². The van der Waals surface area contributed by atoms with Crippen molar-refractivity contribution in [3.05, 3.63) is 29.8 Å². The molecule has 0 radical (unpaired) electrons. The molecule has 0 saturated carbocycles. The molecule has 0 fully saturated rings. The summed E-state index contributed by atoms with van der Waals surface area (Å²) in [4.78, 5) is 12.0. The second-order valence-electron chi connectivity index (χ2n) is 4.16. The van der Waals surface area contributed by atoms with Crippen LogP contribution in [0.2, 0.25) is 0 Å². The van der Waals surface area contributed by atoms with Crippen molar-refractivity contribution in [1.82, 2.24) is 0 Å². The number of hydrogen-bond acceptors (Lipinski definition) is 3. The molecule has 1 aromatic carbocycles. The highest BCUT2D eigenvalue weighted by atomic mass is 16.5. The summed E-state index contributed by atoms with van der Waals surface area (Å²) in [5.41, 5.74) is 0.629. The fourth-order valence-electron chi connectivity index (χ4n) is 1.56. The maximum absolute atomic E-state index is 12.0. The second-order valence-corrected chi connectivity index (χ2v) is 4.16. The lowest BCUT2D eigenvalue weighted by Crippen LogP contribution is -2.20. The van der Waals surface area contributed by atoms with Crippen LogP contribution in [0.5, 0.6) is 5.75 Å². The van der Waals surface area contributed by atoms with Crippen LogP contribution in [0.1, 0.15) is 38.1 Å². The van der Waals surface area contributed by atoms with E-state index in [0.29, 0.717) is 12.2 Å². The third-order valence-corrected chi connectivity index (χ3v) is 2.28. The Morgan fingerprint density at radius 3 is 2.59 bits per heavy atom. The lowest BCUT2D eigenvalue weighted by atomic mass is 10.1. The van der Waals surface area contributed by atoms with Gasteiger partial charge in [0.05, 0.1) is 6.10 Å². The summed E-state index contributed by atoms with van der Waals surface area (Å²) >= 11 is 0. The Labute approximate surface area is 103 Å². The predicted octanol–water partition coefficient (Wildman–Crippen LogP) is 3.08. The zero-order valence-corrected chi connectivity index (χ0v) is 10.9. The summed E-state index contributed by atoms with van der Waals surface area (Å²) < 4.78 is 10.8. The Kier molecular flexibility index (Phi) is 5.16. The van der Waals surface area contributed by atoms with Crippen molar-refractivity contribution in [2.45, 2.75) is 39.9 Å². The SMILES string of the molecule is CCOC(C)C(=O)c1cccc(OC(C)C)c1. The predicted molar refractivity (Wildman–Crippen MR) is 67.6 cm³/mol. The zero-order chi connectivity index (χ0) is 12.8. The van der Waals surface area contributed by atoms with Crippen LogP contribution < -0.4 is 4.74 Å². The van der Waals surface area contributed by atoms with E-state index in [4.69, 9.17) is 9.47 Å². The first-order valence-electron chi connectivity index (χ1n) is 5.97. The standard InChI is InChI=1S/C14H20O3/c1-5-16-11(4)14(15)12-7-6-8-13(9-12)17-10(2)3/h6-11H,5H2,1-4H3. The number of rotatable bonds is 6. The molecule has 0 saturated heterocycles. The molecule has 0 aromatic heterocycles. The summed E-state index contributed by atoms with van der Waals surface area (Å²) in [6.07, 6.45) is -0.307. The van der Waals surface area contributed by atoms with Gasteiger partial charge >= 0.3 is 0 Å². The average Bonchev–Trinajstić information content (AvgIpc) is 2.28. The highest BCUT2D eigenvalue weighted by molar-refractivity contribution is 5.99. The molecule has 17 heavy (non-hydrogen) atoms. The molecule has 0 N–H and O–H groups in total. The van der Waals surface area contributed by atoms with Crippen molar-refractivity contribution in [2.24, 2.45) is 0 Å².